The summed E-state index contributed by atoms with van der Waals surface area (Å²) in [4.78, 5) is 0. The van der Waals surface area contributed by atoms with Gasteiger partial charge in [-0.2, -0.15) is 0 Å². The molecule has 2 saturated heterocycles. The number of hydrogen-bond acceptors (Lipinski definition) is 2. The first-order chi connectivity index (χ1) is 8.97. The van der Waals surface area contributed by atoms with E-state index in [0.29, 0.717) is 0 Å². The third-order valence-corrected chi connectivity index (χ3v) is 5.83. The zero-order valence-electron chi connectivity index (χ0n) is 11.7. The molecule has 0 aromatic carbocycles. The third kappa shape index (κ3) is 2.02. The lowest BCUT2D eigenvalue weighted by atomic mass is 10.0. The topological polar surface area (TPSA) is 6.02 Å². The van der Waals surface area contributed by atoms with Gasteiger partial charge >= 0.3 is 0 Å². The Morgan fingerprint density at radius 3 is 0.944 bits per heavy atom. The Morgan fingerprint density at radius 2 is 0.667 bits per heavy atom. The van der Waals surface area contributed by atoms with E-state index in [-0.39, 0.29) is 0 Å². The quantitative estimate of drug-likeness (QED) is 0.652. The van der Waals surface area contributed by atoms with Gasteiger partial charge in [0.15, 0.2) is 0 Å². The van der Waals surface area contributed by atoms with E-state index in [0.717, 1.165) is 24.2 Å². The number of fused-ring (bicyclic) bond motifs is 2. The molecule has 2 aliphatic carbocycles. The minimum absolute atomic E-state index is 0.957. The Hall–Kier alpha value is -0.0800. The van der Waals surface area contributed by atoms with E-state index in [1.807, 2.05) is 0 Å². The third-order valence-electron chi connectivity index (χ3n) is 5.83. The molecular weight excluding hydrogens is 220 g/mol. The van der Waals surface area contributed by atoms with E-state index in [1.54, 1.807) is 0 Å². The summed E-state index contributed by atoms with van der Waals surface area (Å²) in [5.74, 6) is 0. The summed E-state index contributed by atoms with van der Waals surface area (Å²) in [6.07, 6.45) is 17.9. The van der Waals surface area contributed by atoms with Crippen molar-refractivity contribution >= 4 is 0 Å². The van der Waals surface area contributed by atoms with E-state index in [4.69, 9.17) is 0 Å². The molecule has 4 atom stereocenters. The standard InChI is InChI=1S/C16H28N2/c1-2-6-10-14-13(9-5-1)17(14)18-15-11-7-3-4-8-12-16(15)18/h13-16H,1-12H2. The van der Waals surface area contributed by atoms with Crippen molar-refractivity contribution in [3.63, 3.8) is 0 Å². The van der Waals surface area contributed by atoms with Gasteiger partial charge in [-0.3, -0.25) is 0 Å². The van der Waals surface area contributed by atoms with Crippen LogP contribution in [0.3, 0.4) is 0 Å². The summed E-state index contributed by atoms with van der Waals surface area (Å²) >= 11 is 0. The molecule has 2 heteroatoms. The molecular formula is C16H28N2. The summed E-state index contributed by atoms with van der Waals surface area (Å²) in [6.45, 7) is 0. The molecule has 0 spiro atoms. The fourth-order valence-electron chi connectivity index (χ4n) is 4.75. The van der Waals surface area contributed by atoms with Crippen molar-refractivity contribution in [2.75, 3.05) is 0 Å². The van der Waals surface area contributed by atoms with Crippen LogP contribution in [0.25, 0.3) is 0 Å². The van der Waals surface area contributed by atoms with Gasteiger partial charge in [0, 0.05) is 24.2 Å². The van der Waals surface area contributed by atoms with Crippen LogP contribution >= 0.6 is 0 Å². The zero-order valence-corrected chi connectivity index (χ0v) is 11.7. The summed E-state index contributed by atoms with van der Waals surface area (Å²) in [6, 6.07) is 3.83. The summed E-state index contributed by atoms with van der Waals surface area (Å²) in [7, 11) is 0. The van der Waals surface area contributed by atoms with Crippen LogP contribution < -0.4 is 0 Å². The molecule has 0 amide bonds. The molecule has 0 bridgehead atoms. The lowest BCUT2D eigenvalue weighted by Gasteiger charge is -2.06. The first-order valence-corrected chi connectivity index (χ1v) is 8.53. The van der Waals surface area contributed by atoms with Gasteiger partial charge in [0.05, 0.1) is 0 Å². The second-order valence-electron chi connectivity index (χ2n) is 7.01. The monoisotopic (exact) mass is 248 g/mol. The predicted molar refractivity (Wildman–Crippen MR) is 74.2 cm³/mol. The normalized spacial score (nSPS) is 52.0. The van der Waals surface area contributed by atoms with Gasteiger partial charge in [-0.05, 0) is 25.7 Å². The van der Waals surface area contributed by atoms with Crippen LogP contribution in [-0.4, -0.2) is 34.2 Å². The average molecular weight is 248 g/mol. The second kappa shape index (κ2) is 4.79. The van der Waals surface area contributed by atoms with Crippen LogP contribution in [0, 0.1) is 0 Å². The molecule has 4 rings (SSSR count). The van der Waals surface area contributed by atoms with E-state index in [2.05, 4.69) is 10.0 Å². The minimum atomic E-state index is 0.957. The maximum atomic E-state index is 2.83. The van der Waals surface area contributed by atoms with E-state index < -0.39 is 0 Å². The molecule has 102 valence electrons. The van der Waals surface area contributed by atoms with E-state index >= 15 is 0 Å². The molecule has 0 N–H and O–H groups in total. The summed E-state index contributed by atoms with van der Waals surface area (Å²) in [5.41, 5.74) is 0. The predicted octanol–water partition coefficient (Wildman–Crippen LogP) is 3.72. The molecule has 0 aromatic rings. The first kappa shape index (κ1) is 11.7. The Labute approximate surface area is 112 Å². The zero-order chi connectivity index (χ0) is 11.9. The maximum Gasteiger partial charge on any atom is 0.0419 e. The number of hydrazine groups is 1. The largest absolute Gasteiger partial charge is 0.232 e. The Kier molecular flexibility index (Phi) is 3.12. The number of rotatable bonds is 1. The van der Waals surface area contributed by atoms with Crippen molar-refractivity contribution in [2.24, 2.45) is 0 Å². The van der Waals surface area contributed by atoms with Crippen LogP contribution in [0.4, 0.5) is 0 Å². The van der Waals surface area contributed by atoms with Gasteiger partial charge in [0.1, 0.15) is 0 Å². The van der Waals surface area contributed by atoms with Crippen LogP contribution in [0.5, 0.6) is 0 Å². The highest BCUT2D eigenvalue weighted by Gasteiger charge is 2.61. The fraction of sp³-hybridized carbons (Fsp3) is 1.00. The van der Waals surface area contributed by atoms with Crippen molar-refractivity contribution in [1.82, 2.24) is 10.0 Å². The van der Waals surface area contributed by atoms with Crippen LogP contribution in [0.2, 0.25) is 0 Å². The molecule has 18 heavy (non-hydrogen) atoms. The van der Waals surface area contributed by atoms with Gasteiger partial charge in [-0.15, -0.1) is 0 Å². The Balaban J connectivity index is 1.39. The highest BCUT2D eigenvalue weighted by molar-refractivity contribution is 5.11. The van der Waals surface area contributed by atoms with Crippen molar-refractivity contribution in [3.05, 3.63) is 0 Å². The lowest BCUT2D eigenvalue weighted by Crippen LogP contribution is -2.15. The van der Waals surface area contributed by atoms with E-state index in [1.165, 1.54) is 77.0 Å². The molecule has 0 aromatic heterocycles. The molecule has 2 aliphatic heterocycles. The van der Waals surface area contributed by atoms with Gasteiger partial charge in [-0.1, -0.05) is 51.4 Å². The highest BCUT2D eigenvalue weighted by Crippen LogP contribution is 2.50. The molecule has 2 nitrogen and oxygen atoms in total. The second-order valence-corrected chi connectivity index (χ2v) is 7.01. The molecule has 2 heterocycles. The Morgan fingerprint density at radius 1 is 0.389 bits per heavy atom. The molecule has 4 unspecified atom stereocenters. The van der Waals surface area contributed by atoms with Gasteiger partial charge in [0.25, 0.3) is 0 Å². The SMILES string of the molecule is C1CCCC2C(CC1)N2N1C2CCCCCCC21. The van der Waals surface area contributed by atoms with Crippen LogP contribution in [0.15, 0.2) is 0 Å². The molecule has 4 fully saturated rings. The van der Waals surface area contributed by atoms with Crippen molar-refractivity contribution < 1.29 is 0 Å². The Bertz CT molecular complexity index is 245. The van der Waals surface area contributed by atoms with Crippen molar-refractivity contribution in [3.8, 4) is 0 Å². The smallest absolute Gasteiger partial charge is 0.0419 e. The minimum Gasteiger partial charge on any atom is -0.232 e. The first-order valence-electron chi connectivity index (χ1n) is 8.53. The van der Waals surface area contributed by atoms with Crippen LogP contribution in [-0.2, 0) is 0 Å². The highest BCUT2D eigenvalue weighted by atomic mass is 15.8. The van der Waals surface area contributed by atoms with Gasteiger partial charge < -0.3 is 0 Å². The molecule has 0 radical (unpaired) electrons. The number of nitrogens with zero attached hydrogens (tertiary/aromatic N) is 2. The van der Waals surface area contributed by atoms with Crippen LogP contribution in [0.1, 0.15) is 77.0 Å². The van der Waals surface area contributed by atoms with Gasteiger partial charge in [0.2, 0.25) is 0 Å². The van der Waals surface area contributed by atoms with Crippen molar-refractivity contribution in [2.45, 2.75) is 101 Å². The summed E-state index contributed by atoms with van der Waals surface area (Å²) < 4.78 is 0. The van der Waals surface area contributed by atoms with Gasteiger partial charge in [-0.25, -0.2) is 10.0 Å². The molecule has 2 saturated carbocycles. The number of hydrogen-bond donors (Lipinski definition) is 0. The van der Waals surface area contributed by atoms with E-state index in [9.17, 15) is 0 Å². The molecule has 4 aliphatic rings. The fourth-order valence-corrected chi connectivity index (χ4v) is 4.75. The summed E-state index contributed by atoms with van der Waals surface area (Å²) in [5, 5.41) is 5.65. The average Bonchev–Trinajstić information content (AvgIpc) is 3.14. The lowest BCUT2D eigenvalue weighted by molar-refractivity contribution is 0.176. The van der Waals surface area contributed by atoms with Crippen molar-refractivity contribution in [1.29, 1.82) is 0 Å². The maximum absolute atomic E-state index is 2.83.